The van der Waals surface area contributed by atoms with Gasteiger partial charge >= 0.3 is 5.97 Å². The van der Waals surface area contributed by atoms with Crippen molar-refractivity contribution in [1.82, 2.24) is 4.90 Å². The van der Waals surface area contributed by atoms with Gasteiger partial charge in [0.15, 0.2) is 5.79 Å². The lowest BCUT2D eigenvalue weighted by Gasteiger charge is -2.48. The van der Waals surface area contributed by atoms with Gasteiger partial charge in [0.25, 0.3) is 5.24 Å². The molecule has 3 fully saturated rings. The Bertz CT molecular complexity index is 864. The first-order valence-corrected chi connectivity index (χ1v) is 14.5. The summed E-state index contributed by atoms with van der Waals surface area (Å²) < 4.78 is 24.1. The van der Waals surface area contributed by atoms with Crippen LogP contribution in [0.2, 0.25) is 0 Å². The molecule has 36 heavy (non-hydrogen) atoms. The van der Waals surface area contributed by atoms with Gasteiger partial charge in [0, 0.05) is 38.7 Å². The van der Waals surface area contributed by atoms with Crippen LogP contribution in [0.15, 0.2) is 24.3 Å². The average molecular weight is 520 g/mol. The largest absolute Gasteiger partial charge is 0.497 e. The third-order valence-electron chi connectivity index (χ3n) is 7.70. The Hall–Kier alpha value is -1.77. The molecule has 0 N–H and O–H groups in total. The minimum absolute atomic E-state index is 0.0184. The summed E-state index contributed by atoms with van der Waals surface area (Å²) in [4.78, 5) is 27.5. The van der Waals surface area contributed by atoms with Crippen LogP contribution in [-0.2, 0) is 25.5 Å². The van der Waals surface area contributed by atoms with Crippen molar-refractivity contribution in [1.29, 1.82) is 0 Å². The van der Waals surface area contributed by atoms with Gasteiger partial charge in [-0.05, 0) is 30.5 Å². The number of methoxy groups -OCH3 is 2. The minimum atomic E-state index is -1.01. The second kappa shape index (κ2) is 13.2. The van der Waals surface area contributed by atoms with E-state index in [0.717, 1.165) is 37.0 Å². The summed E-state index contributed by atoms with van der Waals surface area (Å²) in [6, 6.07) is 7.50. The zero-order valence-corrected chi connectivity index (χ0v) is 22.6. The summed E-state index contributed by atoms with van der Waals surface area (Å²) in [5, 5.41) is 0.0184. The second-order valence-corrected chi connectivity index (χ2v) is 11.2. The van der Waals surface area contributed by atoms with E-state index >= 15 is 0 Å². The normalized spacial score (nSPS) is 30.8. The topological polar surface area (TPSA) is 74.3 Å². The number of hydrogen-bond acceptors (Lipinski definition) is 7. The van der Waals surface area contributed by atoms with Gasteiger partial charge in [-0.3, -0.25) is 9.59 Å². The number of hydrogen-bond donors (Lipinski definition) is 0. The van der Waals surface area contributed by atoms with Gasteiger partial charge in [0.05, 0.1) is 19.3 Å². The van der Waals surface area contributed by atoms with Crippen LogP contribution >= 0.6 is 11.8 Å². The molecular weight excluding hydrogens is 478 g/mol. The van der Waals surface area contributed by atoms with Crippen LogP contribution in [0.4, 0.5) is 4.79 Å². The molecule has 0 spiro atoms. The van der Waals surface area contributed by atoms with Gasteiger partial charge in [-0.25, -0.2) is 0 Å². The third kappa shape index (κ3) is 6.95. The quantitative estimate of drug-likeness (QED) is 0.436. The van der Waals surface area contributed by atoms with Gasteiger partial charge in [-0.2, -0.15) is 0 Å². The summed E-state index contributed by atoms with van der Waals surface area (Å²) in [6.45, 7) is 0.462. The van der Waals surface area contributed by atoms with E-state index in [1.807, 2.05) is 29.2 Å². The highest BCUT2D eigenvalue weighted by Gasteiger charge is 2.54. The maximum atomic E-state index is 13.0. The molecule has 3 aliphatic rings. The molecule has 4 rings (SSSR count). The molecule has 2 bridgehead atoms. The molecule has 8 heteroatoms. The van der Waals surface area contributed by atoms with Crippen LogP contribution in [-0.4, -0.2) is 60.1 Å². The maximum Gasteiger partial charge on any atom is 0.306 e. The number of amides is 1. The molecule has 1 unspecified atom stereocenters. The van der Waals surface area contributed by atoms with E-state index < -0.39 is 5.79 Å². The van der Waals surface area contributed by atoms with Crippen molar-refractivity contribution in [2.45, 2.75) is 108 Å². The zero-order valence-electron chi connectivity index (χ0n) is 21.7. The van der Waals surface area contributed by atoms with Gasteiger partial charge < -0.3 is 23.8 Å². The Balaban J connectivity index is 1.53. The van der Waals surface area contributed by atoms with Crippen molar-refractivity contribution >= 4 is 23.0 Å². The van der Waals surface area contributed by atoms with Crippen LogP contribution in [0.1, 0.15) is 82.6 Å². The number of rotatable bonds is 5. The molecule has 200 valence electrons. The highest BCUT2D eigenvalue weighted by atomic mass is 32.2. The summed E-state index contributed by atoms with van der Waals surface area (Å²) in [5.41, 5.74) is 1.02. The van der Waals surface area contributed by atoms with Crippen molar-refractivity contribution in [3.05, 3.63) is 29.8 Å². The smallest absolute Gasteiger partial charge is 0.306 e. The SMILES string of the molecule is COc1ccc(CN2C(=O)SC[C@H]2[C@@]2(OC)CC3C[C@@H](CCCCCCCCCCC(=O)O3)O2)cc1. The van der Waals surface area contributed by atoms with Gasteiger partial charge in [-0.15, -0.1) is 0 Å². The number of esters is 1. The van der Waals surface area contributed by atoms with E-state index in [2.05, 4.69) is 0 Å². The molecule has 0 saturated carbocycles. The van der Waals surface area contributed by atoms with E-state index in [1.165, 1.54) is 43.9 Å². The first kappa shape index (κ1) is 27.3. The van der Waals surface area contributed by atoms with Crippen molar-refractivity contribution in [3.8, 4) is 5.75 Å². The summed E-state index contributed by atoms with van der Waals surface area (Å²) in [5.74, 6) is 0.223. The summed E-state index contributed by atoms with van der Waals surface area (Å²) >= 11 is 1.30. The first-order valence-electron chi connectivity index (χ1n) is 13.5. The van der Waals surface area contributed by atoms with Crippen molar-refractivity contribution in [2.75, 3.05) is 20.0 Å². The van der Waals surface area contributed by atoms with Crippen molar-refractivity contribution in [2.24, 2.45) is 0 Å². The molecule has 0 radical (unpaired) electrons. The lowest BCUT2D eigenvalue weighted by atomic mass is 9.90. The molecule has 1 aromatic carbocycles. The number of benzene rings is 1. The number of fused-ring (bicyclic) bond motifs is 2. The molecule has 0 aromatic heterocycles. The lowest BCUT2D eigenvalue weighted by molar-refractivity contribution is -0.306. The third-order valence-corrected chi connectivity index (χ3v) is 8.66. The first-order chi connectivity index (χ1) is 17.5. The summed E-state index contributed by atoms with van der Waals surface area (Å²) in [7, 11) is 3.30. The Labute approximate surface area is 219 Å². The highest BCUT2D eigenvalue weighted by Crippen LogP contribution is 2.43. The molecular formula is C28H41NO6S. The predicted molar refractivity (Wildman–Crippen MR) is 140 cm³/mol. The van der Waals surface area contributed by atoms with Crippen molar-refractivity contribution in [3.63, 3.8) is 0 Å². The van der Waals surface area contributed by atoms with E-state index in [9.17, 15) is 9.59 Å². The van der Waals surface area contributed by atoms with Gasteiger partial charge in [0.2, 0.25) is 0 Å². The Morgan fingerprint density at radius 2 is 1.67 bits per heavy atom. The van der Waals surface area contributed by atoms with E-state index in [-0.39, 0.29) is 29.5 Å². The zero-order chi connectivity index (χ0) is 25.4. The molecule has 3 heterocycles. The van der Waals surface area contributed by atoms with Gasteiger partial charge in [-0.1, -0.05) is 68.8 Å². The number of nitrogens with zero attached hydrogens (tertiary/aromatic N) is 1. The van der Waals surface area contributed by atoms with E-state index in [0.29, 0.717) is 31.6 Å². The number of ether oxygens (including phenoxy) is 4. The maximum absolute atomic E-state index is 13.0. The number of carbonyl (C=O) groups is 2. The highest BCUT2D eigenvalue weighted by molar-refractivity contribution is 8.13. The fourth-order valence-electron chi connectivity index (χ4n) is 5.68. The Kier molecular flexibility index (Phi) is 9.96. The van der Waals surface area contributed by atoms with E-state index in [4.69, 9.17) is 18.9 Å². The average Bonchev–Trinajstić information content (AvgIpc) is 3.25. The molecule has 1 aromatic rings. The number of thioether (sulfide) groups is 1. The molecule has 1 amide bonds. The Morgan fingerprint density at radius 3 is 2.36 bits per heavy atom. The monoisotopic (exact) mass is 519 g/mol. The molecule has 4 atom stereocenters. The van der Waals surface area contributed by atoms with Crippen molar-refractivity contribution < 1.29 is 28.5 Å². The number of carbonyl (C=O) groups excluding carboxylic acids is 2. The second-order valence-electron chi connectivity index (χ2n) is 10.2. The molecule has 3 aliphatic heterocycles. The van der Waals surface area contributed by atoms with Crippen LogP contribution < -0.4 is 4.74 Å². The van der Waals surface area contributed by atoms with Crippen LogP contribution in [0, 0.1) is 0 Å². The molecule has 7 nitrogen and oxygen atoms in total. The minimum Gasteiger partial charge on any atom is -0.497 e. The van der Waals surface area contributed by atoms with Crippen LogP contribution in [0.5, 0.6) is 5.75 Å². The lowest BCUT2D eigenvalue weighted by Crippen LogP contribution is -2.60. The van der Waals surface area contributed by atoms with Gasteiger partial charge in [0.1, 0.15) is 11.9 Å². The molecule has 0 aliphatic carbocycles. The standard InChI is InChI=1S/C28H41NO6S/c1-32-22-15-13-21(14-16-22)19-29-25(20-36-27(29)31)28(33-2)18-24-17-23(35-28)11-9-7-5-3-4-6-8-10-12-26(30)34-24/h13-16,23-25H,3-12,17-20H2,1-2H3/t23-,24?,25+,28-/m1/s1. The van der Waals surface area contributed by atoms with Crippen LogP contribution in [0.3, 0.4) is 0 Å². The Morgan fingerprint density at radius 1 is 0.972 bits per heavy atom. The fourth-order valence-corrected chi connectivity index (χ4v) is 6.78. The fraction of sp³-hybridized carbons (Fsp3) is 0.714. The van der Waals surface area contributed by atoms with E-state index in [1.54, 1.807) is 14.2 Å². The van der Waals surface area contributed by atoms with Crippen LogP contribution in [0.25, 0.3) is 0 Å². The summed E-state index contributed by atoms with van der Waals surface area (Å²) in [6.07, 6.45) is 11.3. The molecule has 3 saturated heterocycles. The predicted octanol–water partition coefficient (Wildman–Crippen LogP) is 6.08.